The second-order valence-corrected chi connectivity index (χ2v) is 7.47. The van der Waals surface area contributed by atoms with E-state index in [0.29, 0.717) is 24.3 Å². The minimum absolute atomic E-state index is 0.0685. The lowest BCUT2D eigenvalue weighted by atomic mass is 9.93. The first kappa shape index (κ1) is 22.2. The number of esters is 1. The number of carbonyl (C=O) groups is 1. The number of benzene rings is 2. The number of nitro groups is 1. The van der Waals surface area contributed by atoms with Gasteiger partial charge in [0.15, 0.2) is 5.75 Å². The summed E-state index contributed by atoms with van der Waals surface area (Å²) in [5, 5.41) is 20.8. The molecule has 2 aromatic rings. The summed E-state index contributed by atoms with van der Waals surface area (Å²) in [6, 6.07) is 7.44. The number of phenolic OH excluding ortho intramolecular Hbond substituents is 1. The highest BCUT2D eigenvalue weighted by atomic mass is 16.6. The molecule has 1 N–H and O–H groups in total. The van der Waals surface area contributed by atoms with Gasteiger partial charge in [-0.15, -0.1) is 0 Å². The summed E-state index contributed by atoms with van der Waals surface area (Å²) in [4.78, 5) is 22.2. The molecule has 0 saturated carbocycles. The molecule has 29 heavy (non-hydrogen) atoms. The molecular formula is C22H27NO6. The van der Waals surface area contributed by atoms with E-state index in [9.17, 15) is 20.0 Å². The van der Waals surface area contributed by atoms with Crippen LogP contribution in [0.25, 0.3) is 0 Å². The van der Waals surface area contributed by atoms with Gasteiger partial charge in [-0.3, -0.25) is 14.9 Å². The third-order valence-corrected chi connectivity index (χ3v) is 4.41. The normalized spacial score (nSPS) is 11.0. The van der Waals surface area contributed by atoms with Gasteiger partial charge in [-0.2, -0.15) is 0 Å². The van der Waals surface area contributed by atoms with E-state index in [4.69, 9.17) is 9.47 Å². The predicted molar refractivity (Wildman–Crippen MR) is 110 cm³/mol. The minimum Gasteiger partial charge on any atom is -0.502 e. The summed E-state index contributed by atoms with van der Waals surface area (Å²) >= 11 is 0. The molecular weight excluding hydrogens is 374 g/mol. The van der Waals surface area contributed by atoms with Crippen LogP contribution in [0.1, 0.15) is 70.4 Å². The summed E-state index contributed by atoms with van der Waals surface area (Å²) in [6.07, 6.45) is 1.05. The van der Waals surface area contributed by atoms with Crippen molar-refractivity contribution >= 4 is 11.7 Å². The molecule has 0 bridgehead atoms. The summed E-state index contributed by atoms with van der Waals surface area (Å²) in [6.45, 7) is 9.90. The van der Waals surface area contributed by atoms with Crippen LogP contribution in [0.4, 0.5) is 5.69 Å². The molecule has 0 atom stereocenters. The highest BCUT2D eigenvalue weighted by molar-refractivity contribution is 5.72. The maximum absolute atomic E-state index is 11.9. The van der Waals surface area contributed by atoms with E-state index in [0.717, 1.165) is 11.1 Å². The predicted octanol–water partition coefficient (Wildman–Crippen LogP) is 6.05. The van der Waals surface area contributed by atoms with E-state index in [1.54, 1.807) is 12.1 Å². The van der Waals surface area contributed by atoms with Crippen molar-refractivity contribution in [2.45, 2.75) is 59.3 Å². The van der Waals surface area contributed by atoms with Gasteiger partial charge in [0.2, 0.25) is 0 Å². The third-order valence-electron chi connectivity index (χ3n) is 4.41. The Bertz CT molecular complexity index is 875. The highest BCUT2D eigenvalue weighted by Crippen LogP contribution is 2.42. The van der Waals surface area contributed by atoms with Gasteiger partial charge in [0.05, 0.1) is 4.92 Å². The Kier molecular flexibility index (Phi) is 7.20. The summed E-state index contributed by atoms with van der Waals surface area (Å²) in [5.41, 5.74) is 1.30. The second kappa shape index (κ2) is 9.41. The maximum Gasteiger partial charge on any atom is 0.311 e. The van der Waals surface area contributed by atoms with Crippen molar-refractivity contribution in [2.75, 3.05) is 0 Å². The molecule has 0 aromatic heterocycles. The molecule has 0 fully saturated rings. The molecule has 0 aliphatic carbocycles. The lowest BCUT2D eigenvalue weighted by molar-refractivity contribution is -0.385. The van der Waals surface area contributed by atoms with Crippen molar-refractivity contribution in [1.29, 1.82) is 0 Å². The van der Waals surface area contributed by atoms with Crippen LogP contribution in [0, 0.1) is 10.1 Å². The largest absolute Gasteiger partial charge is 0.502 e. The van der Waals surface area contributed by atoms with Gasteiger partial charge in [-0.1, -0.05) is 34.6 Å². The Morgan fingerprint density at radius 1 is 1.07 bits per heavy atom. The van der Waals surface area contributed by atoms with Gasteiger partial charge in [-0.25, -0.2) is 0 Å². The van der Waals surface area contributed by atoms with Crippen LogP contribution in [-0.4, -0.2) is 16.0 Å². The fourth-order valence-electron chi connectivity index (χ4n) is 2.91. The monoisotopic (exact) mass is 401 g/mol. The Hall–Kier alpha value is -3.09. The van der Waals surface area contributed by atoms with Gasteiger partial charge < -0.3 is 14.6 Å². The van der Waals surface area contributed by atoms with Crippen LogP contribution in [-0.2, 0) is 4.79 Å². The van der Waals surface area contributed by atoms with Crippen LogP contribution < -0.4 is 9.47 Å². The van der Waals surface area contributed by atoms with Crippen LogP contribution in [0.15, 0.2) is 30.3 Å². The number of rotatable bonds is 8. The van der Waals surface area contributed by atoms with Gasteiger partial charge >= 0.3 is 11.7 Å². The Morgan fingerprint density at radius 2 is 1.66 bits per heavy atom. The molecule has 0 radical (unpaired) electrons. The van der Waals surface area contributed by atoms with E-state index in [2.05, 4.69) is 0 Å². The first-order valence-electron chi connectivity index (χ1n) is 9.67. The lowest BCUT2D eigenvalue weighted by Gasteiger charge is -2.21. The van der Waals surface area contributed by atoms with Crippen LogP contribution >= 0.6 is 0 Å². The molecule has 0 amide bonds. The highest BCUT2D eigenvalue weighted by Gasteiger charge is 2.21. The van der Waals surface area contributed by atoms with E-state index in [-0.39, 0.29) is 29.2 Å². The number of nitro benzene ring substituents is 1. The van der Waals surface area contributed by atoms with Crippen molar-refractivity contribution in [1.82, 2.24) is 0 Å². The number of phenols is 1. The lowest BCUT2D eigenvalue weighted by Crippen LogP contribution is -2.09. The second-order valence-electron chi connectivity index (χ2n) is 7.47. The molecule has 0 saturated heterocycles. The Morgan fingerprint density at radius 3 is 2.10 bits per heavy atom. The topological polar surface area (TPSA) is 98.9 Å². The molecule has 0 aliphatic heterocycles. The molecule has 0 spiro atoms. The quantitative estimate of drug-likeness (QED) is 0.250. The average molecular weight is 401 g/mol. The zero-order valence-corrected chi connectivity index (χ0v) is 17.4. The maximum atomic E-state index is 11.9. The molecule has 2 aromatic carbocycles. The number of hydrogen-bond donors (Lipinski definition) is 1. The molecule has 7 nitrogen and oxygen atoms in total. The zero-order valence-electron chi connectivity index (χ0n) is 17.4. The number of ether oxygens (including phenoxy) is 2. The molecule has 156 valence electrons. The molecule has 0 unspecified atom stereocenters. The van der Waals surface area contributed by atoms with E-state index < -0.39 is 10.7 Å². The molecule has 0 heterocycles. The first-order valence-corrected chi connectivity index (χ1v) is 9.67. The zero-order chi connectivity index (χ0) is 21.7. The Labute approximate surface area is 170 Å². The summed E-state index contributed by atoms with van der Waals surface area (Å²) in [5.74, 6) is 0.736. The minimum atomic E-state index is -0.655. The first-order chi connectivity index (χ1) is 13.6. The van der Waals surface area contributed by atoms with Crippen LogP contribution in [0.5, 0.6) is 23.0 Å². The Balaban J connectivity index is 2.50. The average Bonchev–Trinajstić information content (AvgIpc) is 2.62. The van der Waals surface area contributed by atoms with E-state index in [1.807, 2.05) is 34.6 Å². The smallest absolute Gasteiger partial charge is 0.311 e. The molecule has 7 heteroatoms. The van der Waals surface area contributed by atoms with E-state index in [1.165, 1.54) is 18.2 Å². The molecule has 2 rings (SSSR count). The fourth-order valence-corrected chi connectivity index (χ4v) is 2.91. The van der Waals surface area contributed by atoms with E-state index >= 15 is 0 Å². The number of carbonyl (C=O) groups excluding carboxylic acids is 1. The SMILES string of the molecule is CCCC(=O)Oc1cc(C(C)C)c(Oc2ccc([N+](=O)[O-])c(O)c2)c(C(C)C)c1. The number of aromatic hydroxyl groups is 1. The van der Waals surface area contributed by atoms with Gasteiger partial charge in [0, 0.05) is 29.7 Å². The third kappa shape index (κ3) is 5.47. The van der Waals surface area contributed by atoms with Gasteiger partial charge in [-0.05, 0) is 36.5 Å². The molecule has 0 aliphatic rings. The summed E-state index contributed by atoms with van der Waals surface area (Å²) in [7, 11) is 0. The van der Waals surface area contributed by atoms with Crippen LogP contribution in [0.2, 0.25) is 0 Å². The number of nitrogens with zero attached hydrogens (tertiary/aromatic N) is 1. The standard InChI is InChI=1S/C22H27NO6/c1-6-7-21(25)28-16-10-17(13(2)3)22(18(11-16)14(4)5)29-15-8-9-19(23(26)27)20(24)12-15/h8-14,24H,6-7H2,1-5H3. The van der Waals surface area contributed by atoms with Crippen molar-refractivity contribution in [3.05, 3.63) is 51.6 Å². The van der Waals surface area contributed by atoms with Gasteiger partial charge in [0.25, 0.3) is 0 Å². The van der Waals surface area contributed by atoms with Crippen LogP contribution in [0.3, 0.4) is 0 Å². The fraction of sp³-hybridized carbons (Fsp3) is 0.409. The van der Waals surface area contributed by atoms with Crippen molar-refractivity contribution in [2.24, 2.45) is 0 Å². The number of hydrogen-bond acceptors (Lipinski definition) is 6. The van der Waals surface area contributed by atoms with Crippen molar-refractivity contribution < 1.29 is 24.3 Å². The van der Waals surface area contributed by atoms with Gasteiger partial charge in [0.1, 0.15) is 17.2 Å². The summed E-state index contributed by atoms with van der Waals surface area (Å²) < 4.78 is 11.6. The van der Waals surface area contributed by atoms with Crippen molar-refractivity contribution in [3.8, 4) is 23.0 Å². The van der Waals surface area contributed by atoms with Crippen molar-refractivity contribution in [3.63, 3.8) is 0 Å².